The van der Waals surface area contributed by atoms with E-state index >= 15 is 0 Å². The SMILES string of the molecule is Cc1ncc(Cc2cc(Nc3ccc(C4CC4)cc3S(C)(=O)=O)c3nc(C)n(C4CCCCO4)c3n2)nc1C. The molecule has 3 aromatic heterocycles. The Balaban J connectivity index is 1.48. The number of sulfone groups is 1. The van der Waals surface area contributed by atoms with Crippen LogP contribution in [0.15, 0.2) is 35.4 Å². The first-order valence-corrected chi connectivity index (χ1v) is 15.5. The molecular formula is C29H34N6O3S. The normalized spacial score (nSPS) is 18.0. The van der Waals surface area contributed by atoms with Gasteiger partial charge in [-0.05, 0) is 82.6 Å². The lowest BCUT2D eigenvalue weighted by Crippen LogP contribution is -2.19. The van der Waals surface area contributed by atoms with Crippen molar-refractivity contribution in [2.75, 3.05) is 18.2 Å². The molecule has 1 unspecified atom stereocenters. The Hall–Kier alpha value is -3.37. The first-order valence-electron chi connectivity index (χ1n) is 13.6. The van der Waals surface area contributed by atoms with Crippen LogP contribution in [0, 0.1) is 20.8 Å². The summed E-state index contributed by atoms with van der Waals surface area (Å²) in [4.78, 5) is 19.4. The van der Waals surface area contributed by atoms with Gasteiger partial charge in [0.15, 0.2) is 15.5 Å². The second-order valence-corrected chi connectivity index (χ2v) is 12.8. The van der Waals surface area contributed by atoms with E-state index in [0.29, 0.717) is 46.4 Å². The zero-order valence-corrected chi connectivity index (χ0v) is 23.7. The summed E-state index contributed by atoms with van der Waals surface area (Å²) in [6.45, 7) is 6.56. The summed E-state index contributed by atoms with van der Waals surface area (Å²) in [6.07, 6.45) is 8.62. The Morgan fingerprint density at radius 1 is 0.974 bits per heavy atom. The molecule has 1 aromatic carbocycles. The number of hydrogen-bond donors (Lipinski definition) is 1. The van der Waals surface area contributed by atoms with Crippen molar-refractivity contribution in [1.82, 2.24) is 24.5 Å². The van der Waals surface area contributed by atoms with Gasteiger partial charge in [0, 0.05) is 25.5 Å². The molecule has 0 amide bonds. The van der Waals surface area contributed by atoms with Gasteiger partial charge in [0.25, 0.3) is 0 Å². The molecule has 9 nitrogen and oxygen atoms in total. The molecule has 1 aliphatic carbocycles. The Kier molecular flexibility index (Phi) is 6.63. The third kappa shape index (κ3) is 5.27. The minimum absolute atomic E-state index is 0.134. The van der Waals surface area contributed by atoms with Gasteiger partial charge in [0.1, 0.15) is 17.6 Å². The predicted molar refractivity (Wildman–Crippen MR) is 150 cm³/mol. The second-order valence-electron chi connectivity index (χ2n) is 10.8. The summed E-state index contributed by atoms with van der Waals surface area (Å²) in [7, 11) is -3.46. The summed E-state index contributed by atoms with van der Waals surface area (Å²) in [5, 5.41) is 3.43. The Morgan fingerprint density at radius 2 is 1.79 bits per heavy atom. The van der Waals surface area contributed by atoms with Crippen molar-refractivity contribution in [3.63, 3.8) is 0 Å². The average Bonchev–Trinajstić information content (AvgIpc) is 3.69. The highest BCUT2D eigenvalue weighted by molar-refractivity contribution is 7.90. The Bertz CT molecular complexity index is 1670. The summed E-state index contributed by atoms with van der Waals surface area (Å²) in [5.41, 5.74) is 7.10. The van der Waals surface area contributed by atoms with E-state index in [9.17, 15) is 8.42 Å². The molecule has 10 heteroatoms. The molecular weight excluding hydrogens is 512 g/mol. The number of imidazole rings is 1. The fraction of sp³-hybridized carbons (Fsp3) is 0.448. The summed E-state index contributed by atoms with van der Waals surface area (Å²) in [6, 6.07) is 7.66. The number of aromatic nitrogens is 5. The number of rotatable bonds is 7. The molecule has 1 N–H and O–H groups in total. The van der Waals surface area contributed by atoms with Crippen molar-refractivity contribution in [3.8, 4) is 0 Å². The number of anilines is 2. The molecule has 2 aliphatic rings. The molecule has 1 atom stereocenters. The number of nitrogens with zero attached hydrogens (tertiary/aromatic N) is 5. The number of pyridine rings is 1. The number of benzene rings is 1. The van der Waals surface area contributed by atoms with Crippen LogP contribution in [0.3, 0.4) is 0 Å². The fourth-order valence-electron chi connectivity index (χ4n) is 5.31. The van der Waals surface area contributed by atoms with Gasteiger partial charge in [-0.25, -0.2) is 18.4 Å². The quantitative estimate of drug-likeness (QED) is 0.325. The lowest BCUT2D eigenvalue weighted by atomic mass is 10.1. The zero-order chi connectivity index (χ0) is 27.3. The van der Waals surface area contributed by atoms with Gasteiger partial charge in [0.2, 0.25) is 0 Å². The van der Waals surface area contributed by atoms with Gasteiger partial charge in [-0.1, -0.05) is 6.07 Å². The third-order valence-corrected chi connectivity index (χ3v) is 8.79. The molecule has 0 spiro atoms. The van der Waals surface area contributed by atoms with Crippen LogP contribution in [0.25, 0.3) is 11.2 Å². The minimum atomic E-state index is -3.46. The Morgan fingerprint density at radius 3 is 2.49 bits per heavy atom. The topological polar surface area (TPSA) is 112 Å². The smallest absolute Gasteiger partial charge is 0.177 e. The van der Waals surface area contributed by atoms with Crippen molar-refractivity contribution in [2.45, 2.75) is 76.3 Å². The van der Waals surface area contributed by atoms with Gasteiger partial charge in [-0.3, -0.25) is 14.5 Å². The molecule has 204 valence electrons. The lowest BCUT2D eigenvalue weighted by molar-refractivity contribution is -0.0309. The van der Waals surface area contributed by atoms with Crippen molar-refractivity contribution in [3.05, 3.63) is 64.6 Å². The lowest BCUT2D eigenvalue weighted by Gasteiger charge is -2.25. The van der Waals surface area contributed by atoms with E-state index in [1.54, 1.807) is 6.20 Å². The first kappa shape index (κ1) is 25.9. The molecule has 6 rings (SSSR count). The molecule has 1 saturated heterocycles. The molecule has 39 heavy (non-hydrogen) atoms. The van der Waals surface area contributed by atoms with E-state index in [0.717, 1.165) is 66.3 Å². The van der Waals surface area contributed by atoms with Gasteiger partial charge in [-0.15, -0.1) is 0 Å². The standard InChI is InChI=1S/C29H34N6O3S/c1-17-18(2)31-23(16-30-17)14-22-15-25(28-29(33-22)35(19(3)32-28)27-7-5-6-12-38-27)34-24-11-10-21(20-8-9-20)13-26(24)39(4,36)37/h10-11,13,15-16,20,27H,5-9,12,14H2,1-4H3,(H,33,34). The van der Waals surface area contributed by atoms with E-state index in [4.69, 9.17) is 19.7 Å². The second kappa shape index (κ2) is 9.98. The fourth-order valence-corrected chi connectivity index (χ4v) is 6.18. The number of fused-ring (bicyclic) bond motifs is 1. The van der Waals surface area contributed by atoms with E-state index in [-0.39, 0.29) is 6.23 Å². The molecule has 1 saturated carbocycles. The molecule has 2 fully saturated rings. The third-order valence-electron chi connectivity index (χ3n) is 7.65. The van der Waals surface area contributed by atoms with Crippen LogP contribution < -0.4 is 5.32 Å². The van der Waals surface area contributed by atoms with Gasteiger partial charge < -0.3 is 10.1 Å². The number of ether oxygens (including phenoxy) is 1. The highest BCUT2D eigenvalue weighted by Gasteiger charge is 2.27. The Labute approximate surface area is 229 Å². The van der Waals surface area contributed by atoms with E-state index in [2.05, 4.69) is 14.9 Å². The number of hydrogen-bond acceptors (Lipinski definition) is 8. The summed E-state index contributed by atoms with van der Waals surface area (Å²) in [5.74, 6) is 1.26. The van der Waals surface area contributed by atoms with Crippen LogP contribution in [0.4, 0.5) is 11.4 Å². The molecule has 4 aromatic rings. The van der Waals surface area contributed by atoms with Crippen LogP contribution in [0.5, 0.6) is 0 Å². The maximum Gasteiger partial charge on any atom is 0.177 e. The molecule has 1 aliphatic heterocycles. The number of aryl methyl sites for hydroxylation is 3. The van der Waals surface area contributed by atoms with Crippen LogP contribution in [0.1, 0.15) is 78.4 Å². The average molecular weight is 547 g/mol. The largest absolute Gasteiger partial charge is 0.358 e. The van der Waals surface area contributed by atoms with Crippen molar-refractivity contribution in [1.29, 1.82) is 0 Å². The molecule has 0 bridgehead atoms. The zero-order valence-electron chi connectivity index (χ0n) is 22.9. The molecule has 0 radical (unpaired) electrons. The van der Waals surface area contributed by atoms with Gasteiger partial charge in [-0.2, -0.15) is 0 Å². The van der Waals surface area contributed by atoms with E-state index in [1.165, 1.54) is 6.26 Å². The summed E-state index contributed by atoms with van der Waals surface area (Å²) >= 11 is 0. The van der Waals surface area contributed by atoms with Crippen molar-refractivity contribution in [2.24, 2.45) is 0 Å². The maximum absolute atomic E-state index is 12.8. The van der Waals surface area contributed by atoms with E-state index in [1.807, 2.05) is 45.0 Å². The predicted octanol–water partition coefficient (Wildman–Crippen LogP) is 5.46. The van der Waals surface area contributed by atoms with Gasteiger partial charge >= 0.3 is 0 Å². The minimum Gasteiger partial charge on any atom is -0.358 e. The van der Waals surface area contributed by atoms with Crippen LogP contribution in [-0.4, -0.2) is 45.8 Å². The number of nitrogens with one attached hydrogen (secondary N) is 1. The van der Waals surface area contributed by atoms with Crippen LogP contribution in [0.2, 0.25) is 0 Å². The first-order chi connectivity index (χ1) is 18.7. The summed E-state index contributed by atoms with van der Waals surface area (Å²) < 4.78 is 33.9. The highest BCUT2D eigenvalue weighted by Crippen LogP contribution is 2.42. The van der Waals surface area contributed by atoms with Crippen molar-refractivity contribution < 1.29 is 13.2 Å². The van der Waals surface area contributed by atoms with Crippen LogP contribution in [-0.2, 0) is 21.0 Å². The van der Waals surface area contributed by atoms with Gasteiger partial charge in [0.05, 0.1) is 39.0 Å². The van der Waals surface area contributed by atoms with E-state index < -0.39 is 9.84 Å². The maximum atomic E-state index is 12.8. The molecule has 4 heterocycles. The monoisotopic (exact) mass is 546 g/mol. The van der Waals surface area contributed by atoms with Crippen LogP contribution >= 0.6 is 0 Å². The van der Waals surface area contributed by atoms with Crippen molar-refractivity contribution >= 4 is 32.4 Å². The highest BCUT2D eigenvalue weighted by atomic mass is 32.2.